The molecular weight excluding hydrogens is 577 g/mol. The molecule has 0 saturated carbocycles. The van der Waals surface area contributed by atoms with Crippen LogP contribution in [-0.4, -0.2) is 46.7 Å². The lowest BCUT2D eigenvalue weighted by molar-refractivity contribution is -0.0736. The smallest absolute Gasteiger partial charge is 0.262 e. The summed E-state index contributed by atoms with van der Waals surface area (Å²) in [4.78, 5) is 0. The summed E-state index contributed by atoms with van der Waals surface area (Å²) in [5, 5.41) is 16.3. The molecule has 4 aromatic carbocycles. The van der Waals surface area contributed by atoms with Crippen LogP contribution in [-0.2, 0) is 13.6 Å². The van der Waals surface area contributed by atoms with Crippen LogP contribution in [0.1, 0.15) is 41.5 Å². The summed E-state index contributed by atoms with van der Waals surface area (Å²) in [6.45, 7) is 13.7. The summed E-state index contributed by atoms with van der Waals surface area (Å²) in [5.74, 6) is 0. The average Bonchev–Trinajstić information content (AvgIpc) is 3.02. The first-order valence-corrected chi connectivity index (χ1v) is 19.4. The zero-order valence-electron chi connectivity index (χ0n) is 26.8. The molecule has 0 spiro atoms. The summed E-state index contributed by atoms with van der Waals surface area (Å²) in [6.07, 6.45) is 1.48. The Morgan fingerprint density at radius 1 is 0.591 bits per heavy atom. The monoisotopic (exact) mass is 622 g/mol. The van der Waals surface area contributed by atoms with Crippen molar-refractivity contribution in [3.63, 3.8) is 0 Å². The van der Waals surface area contributed by atoms with Crippen molar-refractivity contribution < 1.29 is 18.7 Å². The second-order valence-corrected chi connectivity index (χ2v) is 22.3. The van der Waals surface area contributed by atoms with E-state index in [1.807, 2.05) is 30.3 Å². The number of rotatable bonds is 9. The largest absolute Gasteiger partial charge is 0.493 e. The third kappa shape index (κ3) is 6.02. The predicted molar refractivity (Wildman–Crippen MR) is 186 cm³/mol. The molecule has 1 aliphatic rings. The molecule has 0 unspecified atom stereocenters. The normalized spacial score (nSPS) is 19.4. The maximum atomic E-state index is 11.9. The van der Waals surface area contributed by atoms with Crippen LogP contribution in [0.3, 0.4) is 0 Å². The molecule has 6 heteroatoms. The minimum Gasteiger partial charge on any atom is -0.493 e. The molecule has 230 valence electrons. The fourth-order valence-electron chi connectivity index (χ4n) is 6.74. The van der Waals surface area contributed by atoms with Gasteiger partial charge in [-0.1, -0.05) is 163 Å². The zero-order chi connectivity index (χ0) is 31.4. The first-order chi connectivity index (χ1) is 21.0. The molecule has 1 aliphatic heterocycles. The second-order valence-electron chi connectivity index (χ2n) is 13.7. The van der Waals surface area contributed by atoms with Gasteiger partial charge in [-0.2, -0.15) is 0 Å². The predicted octanol–water partition coefficient (Wildman–Crippen LogP) is 5.78. The van der Waals surface area contributed by atoms with Gasteiger partial charge in [0.2, 0.25) is 0 Å². The molecule has 0 aliphatic carbocycles. The Kier molecular flexibility index (Phi) is 9.49. The maximum Gasteiger partial charge on any atom is 0.262 e. The Morgan fingerprint density at radius 2 is 0.955 bits per heavy atom. The van der Waals surface area contributed by atoms with Gasteiger partial charge in [0.1, 0.15) is 12.2 Å². The highest BCUT2D eigenvalue weighted by Crippen LogP contribution is 2.40. The lowest BCUT2D eigenvalue weighted by Crippen LogP contribution is -2.69. The van der Waals surface area contributed by atoms with E-state index in [0.717, 1.165) is 0 Å². The van der Waals surface area contributed by atoms with E-state index in [1.54, 1.807) is 6.26 Å². The molecule has 4 aromatic rings. The highest BCUT2D eigenvalue weighted by Gasteiger charge is 2.54. The van der Waals surface area contributed by atoms with E-state index in [9.17, 15) is 5.11 Å². The van der Waals surface area contributed by atoms with Crippen molar-refractivity contribution in [1.29, 1.82) is 0 Å². The Labute approximate surface area is 265 Å². The first kappa shape index (κ1) is 32.1. The number of aliphatic hydroxyl groups excluding tert-OH is 1. The van der Waals surface area contributed by atoms with Gasteiger partial charge in [0.15, 0.2) is 0 Å². The van der Waals surface area contributed by atoms with Crippen molar-refractivity contribution in [3.05, 3.63) is 134 Å². The van der Waals surface area contributed by atoms with Gasteiger partial charge in [0, 0.05) is 0 Å². The lowest BCUT2D eigenvalue weighted by atomic mass is 10.1. The minimum absolute atomic E-state index is 0.185. The van der Waals surface area contributed by atoms with Gasteiger partial charge in [0.25, 0.3) is 16.6 Å². The van der Waals surface area contributed by atoms with Gasteiger partial charge in [0.05, 0.1) is 19.0 Å². The van der Waals surface area contributed by atoms with E-state index < -0.39 is 34.9 Å². The van der Waals surface area contributed by atoms with Crippen LogP contribution in [0, 0.1) is 0 Å². The fourth-order valence-corrected chi connectivity index (χ4v) is 16.0. The van der Waals surface area contributed by atoms with E-state index in [4.69, 9.17) is 13.6 Å². The molecule has 0 saturated heterocycles. The molecule has 0 fully saturated rings. The molecule has 1 heterocycles. The van der Waals surface area contributed by atoms with Crippen molar-refractivity contribution >= 4 is 37.4 Å². The van der Waals surface area contributed by atoms with Gasteiger partial charge in [-0.3, -0.25) is 0 Å². The molecule has 4 nitrogen and oxygen atoms in total. The Bertz CT molecular complexity index is 1420. The fraction of sp³-hybridized carbons (Fsp3) is 0.316. The molecule has 0 amide bonds. The molecule has 0 aromatic heterocycles. The highest BCUT2D eigenvalue weighted by atomic mass is 28.4. The lowest BCUT2D eigenvalue weighted by Gasteiger charge is -2.47. The van der Waals surface area contributed by atoms with Crippen molar-refractivity contribution in [2.75, 3.05) is 6.61 Å². The highest BCUT2D eigenvalue weighted by molar-refractivity contribution is 7.00. The molecule has 44 heavy (non-hydrogen) atoms. The van der Waals surface area contributed by atoms with E-state index >= 15 is 0 Å². The Balaban J connectivity index is 1.50. The van der Waals surface area contributed by atoms with Crippen LogP contribution >= 0.6 is 0 Å². The first-order valence-electron chi connectivity index (χ1n) is 15.5. The number of hydrogen-bond acceptors (Lipinski definition) is 4. The van der Waals surface area contributed by atoms with Crippen LogP contribution in [0.25, 0.3) is 0 Å². The third-order valence-electron chi connectivity index (χ3n) is 8.85. The number of aliphatic hydroxyl groups is 1. The standard InChI is InChI=1S/C38H46O4Si2/c1-37(2,3)43(30-19-11-7-12-20-30,31-21-13-8-14-22-31)41-29-35-36(39)34(27-28-40-35)42-44(38(4,5)6,32-23-15-9-16-24-32)33-25-17-10-18-26-33/h7-28,34-36,39H,29H2,1-6H3/t34-,35-,36-/m1/s1. The number of benzene rings is 4. The Morgan fingerprint density at radius 3 is 1.32 bits per heavy atom. The maximum absolute atomic E-state index is 11.9. The average molecular weight is 623 g/mol. The molecular formula is C38H46O4Si2. The van der Waals surface area contributed by atoms with Crippen LogP contribution in [0.2, 0.25) is 10.1 Å². The van der Waals surface area contributed by atoms with E-state index in [2.05, 4.69) is 139 Å². The van der Waals surface area contributed by atoms with E-state index in [1.165, 1.54) is 20.7 Å². The second kappa shape index (κ2) is 13.0. The quantitative estimate of drug-likeness (QED) is 0.241. The Hall–Kier alpha value is -3.27. The summed E-state index contributed by atoms with van der Waals surface area (Å²) in [6, 6.07) is 42.2. The van der Waals surface area contributed by atoms with E-state index in [-0.39, 0.29) is 16.7 Å². The number of ether oxygens (including phenoxy) is 1. The zero-order valence-corrected chi connectivity index (χ0v) is 28.8. The van der Waals surface area contributed by atoms with Gasteiger partial charge >= 0.3 is 0 Å². The summed E-state index contributed by atoms with van der Waals surface area (Å²) >= 11 is 0. The third-order valence-corrected chi connectivity index (χ3v) is 18.9. The molecule has 0 bridgehead atoms. The van der Waals surface area contributed by atoms with Gasteiger partial charge in [-0.25, -0.2) is 0 Å². The van der Waals surface area contributed by atoms with Crippen LogP contribution in [0.4, 0.5) is 0 Å². The van der Waals surface area contributed by atoms with Crippen LogP contribution in [0.5, 0.6) is 0 Å². The SMILES string of the molecule is CC(C)(C)[Si](OC[C@H]1OC=C[C@@H](O[Si](c2ccccc2)(c2ccccc2)C(C)(C)C)[C@H]1O)(c1ccccc1)c1ccccc1. The van der Waals surface area contributed by atoms with Crippen molar-refractivity contribution in [2.24, 2.45) is 0 Å². The van der Waals surface area contributed by atoms with Gasteiger partial charge in [-0.15, -0.1) is 0 Å². The van der Waals surface area contributed by atoms with Gasteiger partial charge in [-0.05, 0) is 36.9 Å². The summed E-state index contributed by atoms with van der Waals surface area (Å²) in [5.41, 5.74) is 0. The van der Waals surface area contributed by atoms with Crippen molar-refractivity contribution in [1.82, 2.24) is 0 Å². The minimum atomic E-state index is -2.90. The molecule has 3 atom stereocenters. The molecule has 5 rings (SSSR count). The topological polar surface area (TPSA) is 47.9 Å². The van der Waals surface area contributed by atoms with Gasteiger partial charge < -0.3 is 18.7 Å². The van der Waals surface area contributed by atoms with Crippen LogP contribution in [0.15, 0.2) is 134 Å². The van der Waals surface area contributed by atoms with Crippen LogP contribution < -0.4 is 20.7 Å². The molecule has 0 radical (unpaired) electrons. The summed E-state index contributed by atoms with van der Waals surface area (Å²) < 4.78 is 20.6. The van der Waals surface area contributed by atoms with Crippen molar-refractivity contribution in [3.8, 4) is 0 Å². The van der Waals surface area contributed by atoms with E-state index in [0.29, 0.717) is 0 Å². The molecule has 1 N–H and O–H groups in total. The number of hydrogen-bond donors (Lipinski definition) is 1. The summed E-state index contributed by atoms with van der Waals surface area (Å²) in [7, 11) is -5.72. The van der Waals surface area contributed by atoms with Crippen molar-refractivity contribution in [2.45, 2.75) is 69.9 Å².